The smallest absolute Gasteiger partial charge is 0.0433 e. The Labute approximate surface area is 88.9 Å². The van der Waals surface area contributed by atoms with Crippen molar-refractivity contribution in [2.75, 3.05) is 13.2 Å². The van der Waals surface area contributed by atoms with Gasteiger partial charge in [-0.15, -0.1) is 0 Å². The van der Waals surface area contributed by atoms with Gasteiger partial charge >= 0.3 is 0 Å². The van der Waals surface area contributed by atoms with Crippen LogP contribution in [0.5, 0.6) is 0 Å². The summed E-state index contributed by atoms with van der Waals surface area (Å²) in [4.78, 5) is 0. The molecule has 0 unspecified atom stereocenters. The maximum atomic E-state index is 8.24. The molecule has 0 aromatic rings. The van der Waals surface area contributed by atoms with E-state index in [4.69, 9.17) is 10.2 Å². The zero-order valence-electron chi connectivity index (χ0n) is 7.17. The Balaban J connectivity index is -0.000000107. The van der Waals surface area contributed by atoms with Gasteiger partial charge in [0.2, 0.25) is 0 Å². The first-order valence-corrected chi connectivity index (χ1v) is 3.40. The second-order valence-corrected chi connectivity index (χ2v) is 2.22. The number of hydrogen-bond donors (Lipinski definition) is 2. The summed E-state index contributed by atoms with van der Waals surface area (Å²) in [5.41, 5.74) is 0. The van der Waals surface area contributed by atoms with Crippen LogP contribution in [0.4, 0.5) is 0 Å². The van der Waals surface area contributed by atoms with Gasteiger partial charge < -0.3 is 10.2 Å². The topological polar surface area (TPSA) is 40.5 Å². The van der Waals surface area contributed by atoms with E-state index in [0.29, 0.717) is 12.5 Å². The Morgan fingerprint density at radius 1 is 1.20 bits per heavy atom. The van der Waals surface area contributed by atoms with Crippen LogP contribution in [0.25, 0.3) is 0 Å². The fourth-order valence-corrected chi connectivity index (χ4v) is 0.258. The average Bonchev–Trinajstić information content (AvgIpc) is 1.67. The molecule has 61 valence electrons. The van der Waals surface area contributed by atoms with E-state index in [0.717, 1.165) is 6.42 Å². The van der Waals surface area contributed by atoms with Gasteiger partial charge in [0.15, 0.2) is 0 Å². The second kappa shape index (κ2) is 16.5. The maximum Gasteiger partial charge on any atom is 0.0433 e. The van der Waals surface area contributed by atoms with Crippen LogP contribution >= 0.6 is 0 Å². The number of rotatable bonds is 2. The van der Waals surface area contributed by atoms with Gasteiger partial charge in [-0.25, -0.2) is 0 Å². The fraction of sp³-hybridized carbons (Fsp3) is 1.00. The van der Waals surface area contributed by atoms with Crippen molar-refractivity contribution in [3.8, 4) is 0 Å². The van der Waals surface area contributed by atoms with Crippen molar-refractivity contribution < 1.29 is 42.9 Å². The molecule has 0 atom stereocenters. The third-order valence-corrected chi connectivity index (χ3v) is 0.706. The van der Waals surface area contributed by atoms with Crippen LogP contribution < -0.4 is 0 Å². The van der Waals surface area contributed by atoms with Gasteiger partial charge in [0.1, 0.15) is 0 Å². The summed E-state index contributed by atoms with van der Waals surface area (Å²) in [5.74, 6) is 0.648. The molecule has 0 aliphatic rings. The molecule has 0 saturated heterocycles. The number of aliphatic hydroxyl groups is 2. The van der Waals surface area contributed by atoms with Crippen molar-refractivity contribution in [3.05, 3.63) is 0 Å². The van der Waals surface area contributed by atoms with Crippen LogP contribution in [0, 0.1) is 5.92 Å². The summed E-state index contributed by atoms with van der Waals surface area (Å²) < 4.78 is 0. The molecular weight excluding hydrogens is 205 g/mol. The maximum absolute atomic E-state index is 8.24. The molecule has 0 fully saturated rings. The van der Waals surface area contributed by atoms with E-state index >= 15 is 0 Å². The monoisotopic (exact) mass is 223 g/mol. The first-order chi connectivity index (χ1) is 4.18. The number of hydrogen-bond acceptors (Lipinski definition) is 2. The molecule has 3 heteroatoms. The molecule has 2 N–H and O–H groups in total. The Hall–Kier alpha value is 1.02. The molecule has 0 aliphatic heterocycles. The van der Waals surface area contributed by atoms with Gasteiger partial charge in [0.25, 0.3) is 0 Å². The molecule has 0 aromatic heterocycles. The summed E-state index contributed by atoms with van der Waals surface area (Å²) in [7, 11) is 0. The Kier molecular flexibility index (Phi) is 28.5. The Morgan fingerprint density at radius 2 is 1.50 bits per heavy atom. The minimum absolute atomic E-state index is 0. The van der Waals surface area contributed by atoms with Crippen LogP contribution in [0.1, 0.15) is 27.2 Å². The largest absolute Gasteiger partial charge is 0.397 e. The third-order valence-electron chi connectivity index (χ3n) is 0.706. The molecule has 10 heavy (non-hydrogen) atoms. The second-order valence-electron chi connectivity index (χ2n) is 2.22. The van der Waals surface area contributed by atoms with Crippen molar-refractivity contribution in [3.63, 3.8) is 0 Å². The normalized spacial score (nSPS) is 7.80. The summed E-state index contributed by atoms with van der Waals surface area (Å²) in [6.45, 7) is 6.45. The molecule has 0 rings (SSSR count). The molecule has 0 saturated carbocycles. The summed E-state index contributed by atoms with van der Waals surface area (Å²) >= 11 is 0. The standard InChI is InChI=1S/C5H12O.C2H6O.Y/c1-5(2)3-4-6;1-2-3;/h5-6H,3-4H2,1-2H3;3H,2H2,1H3;. The third kappa shape index (κ3) is 35.9. The predicted molar refractivity (Wildman–Crippen MR) is 39.3 cm³/mol. The molecule has 0 spiro atoms. The van der Waals surface area contributed by atoms with E-state index in [-0.39, 0.29) is 39.3 Å². The van der Waals surface area contributed by atoms with Crippen molar-refractivity contribution in [1.82, 2.24) is 0 Å². The molecule has 0 heterocycles. The van der Waals surface area contributed by atoms with Gasteiger partial charge in [-0.05, 0) is 19.3 Å². The molecule has 2 nitrogen and oxygen atoms in total. The van der Waals surface area contributed by atoms with E-state index in [1.165, 1.54) is 0 Å². The Morgan fingerprint density at radius 3 is 1.50 bits per heavy atom. The van der Waals surface area contributed by atoms with Gasteiger partial charge in [-0.1, -0.05) is 13.8 Å². The van der Waals surface area contributed by atoms with E-state index in [1.807, 2.05) is 0 Å². The van der Waals surface area contributed by atoms with Crippen molar-refractivity contribution in [2.45, 2.75) is 27.2 Å². The first-order valence-electron chi connectivity index (χ1n) is 3.40. The van der Waals surface area contributed by atoms with E-state index in [9.17, 15) is 0 Å². The minimum atomic E-state index is 0. The van der Waals surface area contributed by atoms with Crippen molar-refractivity contribution in [2.24, 2.45) is 5.92 Å². The summed E-state index contributed by atoms with van der Waals surface area (Å²) in [6, 6.07) is 0. The average molecular weight is 223 g/mol. The van der Waals surface area contributed by atoms with Crippen LogP contribution in [0.3, 0.4) is 0 Å². The van der Waals surface area contributed by atoms with Crippen LogP contribution in [0.15, 0.2) is 0 Å². The molecule has 0 aliphatic carbocycles. The van der Waals surface area contributed by atoms with E-state index in [2.05, 4.69) is 13.8 Å². The van der Waals surface area contributed by atoms with Gasteiger partial charge in [0, 0.05) is 45.9 Å². The van der Waals surface area contributed by atoms with Gasteiger partial charge in [0.05, 0.1) is 0 Å². The molecule has 1 radical (unpaired) electrons. The van der Waals surface area contributed by atoms with Gasteiger partial charge in [-0.2, -0.15) is 0 Å². The predicted octanol–water partition coefficient (Wildman–Crippen LogP) is 1.02. The molecule has 0 amide bonds. The summed E-state index contributed by atoms with van der Waals surface area (Å²) in [5, 5.41) is 15.8. The zero-order valence-corrected chi connectivity index (χ0v) is 10.0. The van der Waals surface area contributed by atoms with E-state index in [1.54, 1.807) is 6.92 Å². The molecule has 0 bridgehead atoms. The van der Waals surface area contributed by atoms with Crippen LogP contribution in [-0.2, 0) is 32.7 Å². The Bertz CT molecular complexity index is 40.6. The van der Waals surface area contributed by atoms with Crippen molar-refractivity contribution in [1.29, 1.82) is 0 Å². The van der Waals surface area contributed by atoms with E-state index < -0.39 is 0 Å². The quantitative estimate of drug-likeness (QED) is 0.733. The fourth-order valence-electron chi connectivity index (χ4n) is 0.258. The SMILES string of the molecule is CC(C)CCO.CCO.[Y]. The van der Waals surface area contributed by atoms with Gasteiger partial charge in [-0.3, -0.25) is 0 Å². The first kappa shape index (κ1) is 17.2. The number of aliphatic hydroxyl groups excluding tert-OH is 2. The zero-order chi connectivity index (χ0) is 7.70. The molecular formula is C7H18O2Y. The summed E-state index contributed by atoms with van der Waals surface area (Å²) in [6.07, 6.45) is 0.931. The van der Waals surface area contributed by atoms with Crippen LogP contribution in [-0.4, -0.2) is 23.4 Å². The van der Waals surface area contributed by atoms with Crippen LogP contribution in [0.2, 0.25) is 0 Å². The molecule has 0 aromatic carbocycles. The van der Waals surface area contributed by atoms with Crippen molar-refractivity contribution >= 4 is 0 Å². The minimum Gasteiger partial charge on any atom is -0.397 e.